The third-order valence-electron chi connectivity index (χ3n) is 4.37. The molecule has 2 aromatic rings. The third-order valence-corrected chi connectivity index (χ3v) is 4.37. The summed E-state index contributed by atoms with van der Waals surface area (Å²) in [6.07, 6.45) is 5.33. The molecule has 24 heavy (non-hydrogen) atoms. The quantitative estimate of drug-likeness (QED) is 0.930. The number of aromatic nitrogens is 2. The van der Waals surface area contributed by atoms with E-state index in [4.69, 9.17) is 4.74 Å². The summed E-state index contributed by atoms with van der Waals surface area (Å²) < 4.78 is 5.40. The second-order valence-corrected chi connectivity index (χ2v) is 6.41. The van der Waals surface area contributed by atoms with Gasteiger partial charge in [0.05, 0.1) is 5.69 Å². The number of hydrogen-bond acceptors (Lipinski definition) is 4. The van der Waals surface area contributed by atoms with Crippen molar-refractivity contribution in [3.8, 4) is 0 Å². The van der Waals surface area contributed by atoms with Crippen LogP contribution in [0.15, 0.2) is 36.7 Å². The Balaban J connectivity index is 1.71. The molecule has 1 fully saturated rings. The Labute approximate surface area is 142 Å². The largest absolute Gasteiger partial charge is 0.381 e. The van der Waals surface area contributed by atoms with E-state index in [1.165, 1.54) is 5.56 Å². The van der Waals surface area contributed by atoms with Crippen LogP contribution in [0.5, 0.6) is 0 Å². The van der Waals surface area contributed by atoms with Gasteiger partial charge in [0.2, 0.25) is 0 Å². The van der Waals surface area contributed by atoms with Crippen molar-refractivity contribution in [2.45, 2.75) is 38.5 Å². The molecule has 0 saturated carbocycles. The van der Waals surface area contributed by atoms with E-state index in [2.05, 4.69) is 15.3 Å². The van der Waals surface area contributed by atoms with E-state index in [9.17, 15) is 4.79 Å². The molecule has 1 aromatic carbocycles. The number of benzene rings is 1. The lowest BCUT2D eigenvalue weighted by atomic mass is 9.91. The number of ether oxygens (including phenoxy) is 1. The number of amides is 1. The minimum atomic E-state index is -0.157. The molecule has 5 heteroatoms. The maximum Gasteiger partial charge on any atom is 0.256 e. The van der Waals surface area contributed by atoms with Crippen LogP contribution in [-0.2, 0) is 4.74 Å². The van der Waals surface area contributed by atoms with Crippen LogP contribution in [0.1, 0.15) is 60.1 Å². The molecule has 1 aliphatic heterocycles. The summed E-state index contributed by atoms with van der Waals surface area (Å²) in [4.78, 5) is 21.0. The molecule has 3 rings (SSSR count). The number of anilines is 1. The minimum absolute atomic E-state index is 0.157. The van der Waals surface area contributed by atoms with E-state index >= 15 is 0 Å². The van der Waals surface area contributed by atoms with Gasteiger partial charge < -0.3 is 10.1 Å². The van der Waals surface area contributed by atoms with Crippen LogP contribution in [0.4, 0.5) is 5.82 Å². The molecule has 0 unspecified atom stereocenters. The Morgan fingerprint density at radius 2 is 1.79 bits per heavy atom. The van der Waals surface area contributed by atoms with E-state index < -0.39 is 0 Å². The second kappa shape index (κ2) is 7.53. The molecule has 1 saturated heterocycles. The van der Waals surface area contributed by atoms with Gasteiger partial charge in [0, 0.05) is 31.2 Å². The van der Waals surface area contributed by atoms with Gasteiger partial charge in [0.25, 0.3) is 5.91 Å². The molecule has 5 nitrogen and oxygen atoms in total. The summed E-state index contributed by atoms with van der Waals surface area (Å²) in [6.45, 7) is 5.69. The zero-order valence-electron chi connectivity index (χ0n) is 14.2. The first-order valence-corrected chi connectivity index (χ1v) is 8.45. The number of nitrogens with zero attached hydrogens (tertiary/aromatic N) is 2. The molecule has 0 atom stereocenters. The molecule has 1 N–H and O–H groups in total. The second-order valence-electron chi connectivity index (χ2n) is 6.41. The molecular formula is C19H23N3O2. The normalized spacial score (nSPS) is 15.5. The fourth-order valence-electron chi connectivity index (χ4n) is 2.98. The monoisotopic (exact) mass is 325 g/mol. The van der Waals surface area contributed by atoms with E-state index in [0.717, 1.165) is 31.7 Å². The molecule has 1 amide bonds. The molecule has 2 heterocycles. The third kappa shape index (κ3) is 3.79. The molecular weight excluding hydrogens is 302 g/mol. The van der Waals surface area contributed by atoms with Gasteiger partial charge in [0.1, 0.15) is 0 Å². The van der Waals surface area contributed by atoms with E-state index in [1.807, 2.05) is 38.1 Å². The molecule has 0 aliphatic carbocycles. The van der Waals surface area contributed by atoms with Crippen molar-refractivity contribution in [2.24, 2.45) is 0 Å². The average Bonchev–Trinajstić information content (AvgIpc) is 2.63. The highest BCUT2D eigenvalue weighted by molar-refractivity contribution is 6.04. The van der Waals surface area contributed by atoms with Crippen molar-refractivity contribution in [2.75, 3.05) is 18.5 Å². The molecule has 0 spiro atoms. The molecule has 1 aliphatic rings. The highest BCUT2D eigenvalue weighted by Gasteiger charge is 2.17. The number of hydrogen-bond donors (Lipinski definition) is 1. The lowest BCUT2D eigenvalue weighted by molar-refractivity contribution is 0.0853. The van der Waals surface area contributed by atoms with Gasteiger partial charge in [-0.1, -0.05) is 26.0 Å². The lowest BCUT2D eigenvalue weighted by Crippen LogP contribution is -2.16. The number of nitrogens with one attached hydrogen (secondary N) is 1. The predicted molar refractivity (Wildman–Crippen MR) is 93.3 cm³/mol. The summed E-state index contributed by atoms with van der Waals surface area (Å²) in [5, 5.41) is 2.87. The van der Waals surface area contributed by atoms with Gasteiger partial charge in [-0.25, -0.2) is 4.98 Å². The lowest BCUT2D eigenvalue weighted by Gasteiger charge is -2.22. The fourth-order valence-corrected chi connectivity index (χ4v) is 2.98. The Kier molecular flexibility index (Phi) is 5.20. The van der Waals surface area contributed by atoms with Crippen molar-refractivity contribution in [3.05, 3.63) is 53.5 Å². The zero-order chi connectivity index (χ0) is 16.9. The Hall–Kier alpha value is -2.27. The van der Waals surface area contributed by atoms with Crippen LogP contribution in [0.3, 0.4) is 0 Å². The first-order chi connectivity index (χ1) is 11.6. The first kappa shape index (κ1) is 16.6. The first-order valence-electron chi connectivity index (χ1n) is 8.45. The van der Waals surface area contributed by atoms with Crippen molar-refractivity contribution >= 4 is 11.7 Å². The van der Waals surface area contributed by atoms with E-state index in [-0.39, 0.29) is 11.8 Å². The SMILES string of the molecule is CC(C)c1nccnc1NC(=O)c1ccc(C2CCOCC2)cc1. The Bertz CT molecular complexity index is 692. The average molecular weight is 325 g/mol. The Morgan fingerprint density at radius 1 is 1.12 bits per heavy atom. The topological polar surface area (TPSA) is 64.1 Å². The number of rotatable bonds is 4. The number of carbonyl (C=O) groups is 1. The highest BCUT2D eigenvalue weighted by Crippen LogP contribution is 2.27. The van der Waals surface area contributed by atoms with Crippen LogP contribution < -0.4 is 5.32 Å². The molecule has 0 radical (unpaired) electrons. The van der Waals surface area contributed by atoms with Gasteiger partial charge >= 0.3 is 0 Å². The summed E-state index contributed by atoms with van der Waals surface area (Å²) in [6, 6.07) is 7.85. The molecule has 0 bridgehead atoms. The van der Waals surface area contributed by atoms with Gasteiger partial charge in [-0.05, 0) is 42.4 Å². The zero-order valence-corrected chi connectivity index (χ0v) is 14.2. The summed E-state index contributed by atoms with van der Waals surface area (Å²) in [5.41, 5.74) is 2.70. The summed E-state index contributed by atoms with van der Waals surface area (Å²) >= 11 is 0. The smallest absolute Gasteiger partial charge is 0.256 e. The van der Waals surface area contributed by atoms with Crippen molar-refractivity contribution < 1.29 is 9.53 Å². The van der Waals surface area contributed by atoms with Crippen molar-refractivity contribution in [1.29, 1.82) is 0 Å². The predicted octanol–water partition coefficient (Wildman–Crippen LogP) is 3.75. The summed E-state index contributed by atoms with van der Waals surface area (Å²) in [5.74, 6) is 1.11. The van der Waals surface area contributed by atoms with Crippen LogP contribution in [-0.4, -0.2) is 29.1 Å². The van der Waals surface area contributed by atoms with Crippen molar-refractivity contribution in [3.63, 3.8) is 0 Å². The summed E-state index contributed by atoms with van der Waals surface area (Å²) in [7, 11) is 0. The maximum atomic E-state index is 12.5. The van der Waals surface area contributed by atoms with Crippen LogP contribution in [0.2, 0.25) is 0 Å². The van der Waals surface area contributed by atoms with Crippen LogP contribution in [0.25, 0.3) is 0 Å². The maximum absolute atomic E-state index is 12.5. The van der Waals surface area contributed by atoms with Crippen molar-refractivity contribution in [1.82, 2.24) is 9.97 Å². The Morgan fingerprint density at radius 3 is 2.46 bits per heavy atom. The van der Waals surface area contributed by atoms with Crippen LogP contribution >= 0.6 is 0 Å². The molecule has 126 valence electrons. The number of carbonyl (C=O) groups excluding carboxylic acids is 1. The van der Waals surface area contributed by atoms with Gasteiger partial charge in [0.15, 0.2) is 5.82 Å². The van der Waals surface area contributed by atoms with E-state index in [1.54, 1.807) is 12.4 Å². The minimum Gasteiger partial charge on any atom is -0.381 e. The van der Waals surface area contributed by atoms with Gasteiger partial charge in [-0.2, -0.15) is 0 Å². The molecule has 1 aromatic heterocycles. The standard InChI is InChI=1S/C19H23N3O2/c1-13(2)17-18(21-10-9-20-17)22-19(23)16-5-3-14(4-6-16)15-7-11-24-12-8-15/h3-6,9-10,13,15H,7-8,11-12H2,1-2H3,(H,21,22,23). The van der Waals surface area contributed by atoms with E-state index in [0.29, 0.717) is 17.3 Å². The highest BCUT2D eigenvalue weighted by atomic mass is 16.5. The van der Waals surface area contributed by atoms with Gasteiger partial charge in [-0.3, -0.25) is 9.78 Å². The van der Waals surface area contributed by atoms with Gasteiger partial charge in [-0.15, -0.1) is 0 Å². The fraction of sp³-hybridized carbons (Fsp3) is 0.421. The van der Waals surface area contributed by atoms with Crippen LogP contribution in [0, 0.1) is 0 Å².